The third kappa shape index (κ3) is 7.22. The van der Waals surface area contributed by atoms with E-state index in [0.29, 0.717) is 24.2 Å². The first kappa shape index (κ1) is 28.3. The highest BCUT2D eigenvalue weighted by Crippen LogP contribution is 2.19. The number of carboxylic acids is 1. The third-order valence-corrected chi connectivity index (χ3v) is 6.74. The molecule has 14 heteroatoms. The van der Waals surface area contributed by atoms with Gasteiger partial charge in [-0.25, -0.2) is 9.78 Å². The zero-order valence-electron chi connectivity index (χ0n) is 21.6. The second-order valence-corrected chi connectivity index (χ2v) is 9.69. The normalized spacial score (nSPS) is 17.1. The molecular weight excluding hydrogens is 520 g/mol. The van der Waals surface area contributed by atoms with Gasteiger partial charge in [-0.3, -0.25) is 19.2 Å². The van der Waals surface area contributed by atoms with Crippen LogP contribution >= 0.6 is 0 Å². The molecule has 212 valence electrons. The number of hydrogen-bond donors (Lipinski definition) is 8. The van der Waals surface area contributed by atoms with Crippen LogP contribution in [0.5, 0.6) is 0 Å². The number of rotatable bonds is 13. The fourth-order valence-corrected chi connectivity index (χ4v) is 4.68. The summed E-state index contributed by atoms with van der Waals surface area (Å²) in [5.41, 5.74) is 7.25. The number of aromatic amines is 2. The number of carbonyl (C=O) groups is 5. The Balaban J connectivity index is 1.57. The second kappa shape index (κ2) is 12.9. The molecule has 3 heterocycles. The number of imidazole rings is 1. The van der Waals surface area contributed by atoms with Crippen molar-refractivity contribution in [2.75, 3.05) is 6.54 Å². The van der Waals surface area contributed by atoms with Crippen molar-refractivity contribution in [2.45, 2.75) is 56.3 Å². The molecule has 2 aromatic heterocycles. The molecule has 4 unspecified atom stereocenters. The first-order chi connectivity index (χ1) is 19.2. The van der Waals surface area contributed by atoms with Gasteiger partial charge < -0.3 is 42.1 Å². The van der Waals surface area contributed by atoms with Gasteiger partial charge in [0.25, 0.3) is 0 Å². The highest BCUT2D eigenvalue weighted by atomic mass is 16.4. The Hall–Kier alpha value is -4.72. The molecule has 0 aliphatic carbocycles. The maximum Gasteiger partial charge on any atom is 0.326 e. The molecule has 40 heavy (non-hydrogen) atoms. The van der Waals surface area contributed by atoms with Crippen LogP contribution in [0.4, 0.5) is 0 Å². The highest BCUT2D eigenvalue weighted by molar-refractivity contribution is 5.95. The van der Waals surface area contributed by atoms with Gasteiger partial charge in [-0.2, -0.15) is 0 Å². The zero-order chi connectivity index (χ0) is 28.6. The Morgan fingerprint density at radius 1 is 1.00 bits per heavy atom. The molecule has 1 fully saturated rings. The van der Waals surface area contributed by atoms with Crippen LogP contribution in [-0.2, 0) is 36.8 Å². The second-order valence-electron chi connectivity index (χ2n) is 9.69. The van der Waals surface area contributed by atoms with E-state index >= 15 is 0 Å². The lowest BCUT2D eigenvalue weighted by molar-refractivity contribution is -0.143. The maximum atomic E-state index is 13.6. The van der Waals surface area contributed by atoms with Gasteiger partial charge >= 0.3 is 5.97 Å². The molecule has 9 N–H and O–H groups in total. The molecule has 1 aliphatic heterocycles. The van der Waals surface area contributed by atoms with E-state index in [-0.39, 0.29) is 18.7 Å². The van der Waals surface area contributed by atoms with Crippen LogP contribution in [0.25, 0.3) is 10.9 Å². The summed E-state index contributed by atoms with van der Waals surface area (Å²) in [6, 6.07) is 3.05. The monoisotopic (exact) mass is 552 g/mol. The van der Waals surface area contributed by atoms with Crippen LogP contribution in [0, 0.1) is 0 Å². The predicted octanol–water partition coefficient (Wildman–Crippen LogP) is -1.16. The lowest BCUT2D eigenvalue weighted by Crippen LogP contribution is -2.58. The van der Waals surface area contributed by atoms with E-state index in [9.17, 15) is 29.1 Å². The Kier molecular flexibility index (Phi) is 9.11. The van der Waals surface area contributed by atoms with Gasteiger partial charge in [0, 0.05) is 41.8 Å². The lowest BCUT2D eigenvalue weighted by atomic mass is 10.0. The summed E-state index contributed by atoms with van der Waals surface area (Å²) in [5.74, 6) is -4.17. The molecule has 14 nitrogen and oxygen atoms in total. The van der Waals surface area contributed by atoms with E-state index in [1.807, 2.05) is 24.3 Å². The maximum absolute atomic E-state index is 13.6. The zero-order valence-corrected chi connectivity index (χ0v) is 21.6. The van der Waals surface area contributed by atoms with E-state index < -0.39 is 54.3 Å². The minimum Gasteiger partial charge on any atom is -0.480 e. The van der Waals surface area contributed by atoms with E-state index in [2.05, 4.69) is 36.2 Å². The van der Waals surface area contributed by atoms with Crippen LogP contribution in [0.2, 0.25) is 0 Å². The van der Waals surface area contributed by atoms with Gasteiger partial charge in [0.15, 0.2) is 0 Å². The van der Waals surface area contributed by atoms with Gasteiger partial charge in [0.1, 0.15) is 18.1 Å². The van der Waals surface area contributed by atoms with Crippen LogP contribution in [0.3, 0.4) is 0 Å². The van der Waals surface area contributed by atoms with Gasteiger partial charge in [-0.15, -0.1) is 0 Å². The predicted molar refractivity (Wildman–Crippen MR) is 143 cm³/mol. The molecule has 3 aromatic rings. The largest absolute Gasteiger partial charge is 0.480 e. The number of benzene rings is 1. The van der Waals surface area contributed by atoms with Crippen molar-refractivity contribution in [1.29, 1.82) is 0 Å². The van der Waals surface area contributed by atoms with E-state index in [4.69, 9.17) is 5.73 Å². The topological polar surface area (TPSA) is 224 Å². The molecule has 4 atom stereocenters. The molecule has 1 aliphatic rings. The highest BCUT2D eigenvalue weighted by Gasteiger charge is 2.32. The Labute approximate surface area is 228 Å². The van der Waals surface area contributed by atoms with Gasteiger partial charge in [0.05, 0.1) is 18.8 Å². The first-order valence-electron chi connectivity index (χ1n) is 12.9. The number of nitrogens with one attached hydrogen (secondary N) is 6. The number of carboxylic acid groups (broad SMARTS) is 1. The molecule has 0 saturated carbocycles. The fourth-order valence-electron chi connectivity index (χ4n) is 4.68. The van der Waals surface area contributed by atoms with Crippen LogP contribution < -0.4 is 27.0 Å². The molecule has 0 bridgehead atoms. The molecule has 1 aromatic carbocycles. The number of aliphatic carboxylic acids is 1. The van der Waals surface area contributed by atoms with Crippen molar-refractivity contribution in [3.63, 3.8) is 0 Å². The van der Waals surface area contributed by atoms with Gasteiger partial charge in [-0.05, 0) is 31.0 Å². The lowest BCUT2D eigenvalue weighted by Gasteiger charge is -2.25. The number of primary amides is 1. The number of aromatic nitrogens is 3. The number of hydrogen-bond acceptors (Lipinski definition) is 7. The van der Waals surface area contributed by atoms with Crippen molar-refractivity contribution < 1.29 is 29.1 Å². The Bertz CT molecular complexity index is 1360. The summed E-state index contributed by atoms with van der Waals surface area (Å²) in [6.07, 6.45) is 5.59. The number of carbonyl (C=O) groups excluding carboxylic acids is 4. The van der Waals surface area contributed by atoms with Crippen molar-refractivity contribution >= 4 is 40.5 Å². The smallest absolute Gasteiger partial charge is 0.326 e. The number of nitrogens with zero attached hydrogens (tertiary/aromatic N) is 1. The number of H-pyrrole nitrogens is 2. The standard InChI is InChI=1S/C26H32N8O6/c27-22(35)10-21(26(39)40)34-24(37)19(8-14-11-30-17-5-2-1-4-16(14)17)32-25(38)20(9-15-12-28-13-31-15)33-23(36)18-6-3-7-29-18/h1-2,4-5,11-13,18-21,29-30H,3,6-10H2,(H2,27,35)(H,28,31)(H,32,38)(H,33,36)(H,34,37)(H,39,40). The number of nitrogens with two attached hydrogens (primary N) is 1. The third-order valence-electron chi connectivity index (χ3n) is 6.74. The summed E-state index contributed by atoms with van der Waals surface area (Å²) >= 11 is 0. The quantitative estimate of drug-likeness (QED) is 0.129. The van der Waals surface area contributed by atoms with E-state index in [0.717, 1.165) is 17.3 Å². The van der Waals surface area contributed by atoms with Crippen LogP contribution in [0.1, 0.15) is 30.5 Å². The summed E-state index contributed by atoms with van der Waals surface area (Å²) in [4.78, 5) is 72.8. The van der Waals surface area contributed by atoms with Crippen molar-refractivity contribution in [2.24, 2.45) is 5.73 Å². The van der Waals surface area contributed by atoms with Gasteiger partial charge in [0.2, 0.25) is 23.6 Å². The fraction of sp³-hybridized carbons (Fsp3) is 0.385. The van der Waals surface area contributed by atoms with Crippen molar-refractivity contribution in [3.8, 4) is 0 Å². The molecule has 4 amide bonds. The van der Waals surface area contributed by atoms with Crippen molar-refractivity contribution in [3.05, 3.63) is 54.2 Å². The molecule has 0 spiro atoms. The average Bonchev–Trinajstić information content (AvgIpc) is 3.70. The summed E-state index contributed by atoms with van der Waals surface area (Å²) in [7, 11) is 0. The molecule has 0 radical (unpaired) electrons. The number of fused-ring (bicyclic) bond motifs is 1. The first-order valence-corrected chi connectivity index (χ1v) is 12.9. The minimum atomic E-state index is -1.58. The molecule has 1 saturated heterocycles. The Morgan fingerprint density at radius 2 is 1.73 bits per heavy atom. The van der Waals surface area contributed by atoms with Crippen molar-refractivity contribution in [1.82, 2.24) is 36.2 Å². The molecular formula is C26H32N8O6. The summed E-state index contributed by atoms with van der Waals surface area (Å²) in [5, 5.41) is 21.1. The van der Waals surface area contributed by atoms with Crippen LogP contribution in [-0.4, -0.2) is 80.4 Å². The number of amides is 4. The van der Waals surface area contributed by atoms with Crippen LogP contribution in [0.15, 0.2) is 43.0 Å². The average molecular weight is 553 g/mol. The summed E-state index contributed by atoms with van der Waals surface area (Å²) < 4.78 is 0. The summed E-state index contributed by atoms with van der Waals surface area (Å²) in [6.45, 7) is 0.693. The number of para-hydroxylation sites is 1. The molecule has 4 rings (SSSR count). The SMILES string of the molecule is NC(=O)CC(NC(=O)C(Cc1c[nH]c2ccccc12)NC(=O)C(Cc1cnc[nH]1)NC(=O)C1CCCN1)C(=O)O. The van der Waals surface area contributed by atoms with E-state index in [1.165, 1.54) is 12.5 Å². The Morgan fingerprint density at radius 3 is 2.38 bits per heavy atom. The minimum absolute atomic E-state index is 0.000594. The van der Waals surface area contributed by atoms with E-state index in [1.54, 1.807) is 6.20 Å². The van der Waals surface area contributed by atoms with Gasteiger partial charge in [-0.1, -0.05) is 18.2 Å².